The first-order valence-corrected chi connectivity index (χ1v) is 29.6. The quantitative estimate of drug-likeness (QED) is 0.0441. The molecule has 1 amide bonds. The number of carbonyl (C=O) groups excluding carboxylic acids is 6. The van der Waals surface area contributed by atoms with Gasteiger partial charge in [-0.1, -0.05) is 44.4 Å². The van der Waals surface area contributed by atoms with E-state index in [1.165, 1.54) is 29.2 Å². The van der Waals surface area contributed by atoms with Gasteiger partial charge in [-0.3, -0.25) is 24.1 Å². The molecule has 4 aromatic rings. The molecule has 11 rings (SSSR count). The van der Waals surface area contributed by atoms with Gasteiger partial charge in [0.05, 0.1) is 29.0 Å². The summed E-state index contributed by atoms with van der Waals surface area (Å²) in [5.74, 6) is -0.192. The van der Waals surface area contributed by atoms with Crippen molar-refractivity contribution in [1.82, 2.24) is 19.4 Å². The monoisotopic (exact) mass is 1120 g/mol. The predicted octanol–water partition coefficient (Wildman–Crippen LogP) is 10.6. The SMILES string of the molecule is CC[C@@]1(OC(=O)N2CCN(CCCCCCN(C)c3ccc([C@H]4C[C@@]5(C)[C@@H](CC[C@]5(OC(C)=O)C(C)=O)[C@@H]5CCC6=CC(=O)CCC6=C54)cc3)CC2)C(=O)OCc2c1cc1n(c2=O)Cc2cc3cc(OC(=O)OC(C)(C)C)ccc3nc2-1. The predicted molar refractivity (Wildman–Crippen MR) is 307 cm³/mol. The van der Waals surface area contributed by atoms with Crippen LogP contribution in [-0.2, 0) is 56.9 Å². The highest BCUT2D eigenvalue weighted by Gasteiger charge is 2.67. The number of fused-ring (bicyclic) bond motifs is 9. The number of amides is 1. The van der Waals surface area contributed by atoms with Gasteiger partial charge in [0, 0.05) is 86.6 Å². The number of esters is 2. The number of hydrogen-bond acceptors (Lipinski definition) is 15. The van der Waals surface area contributed by atoms with Gasteiger partial charge >= 0.3 is 24.2 Å². The zero-order valence-corrected chi connectivity index (χ0v) is 48.8. The van der Waals surface area contributed by atoms with Crippen molar-refractivity contribution in [3.05, 3.63) is 110 Å². The first kappa shape index (κ1) is 56.7. The Morgan fingerprint density at radius 1 is 0.878 bits per heavy atom. The van der Waals surface area contributed by atoms with E-state index < -0.39 is 46.4 Å². The van der Waals surface area contributed by atoms with E-state index >= 15 is 0 Å². The van der Waals surface area contributed by atoms with Crippen LogP contribution in [0.5, 0.6) is 5.75 Å². The van der Waals surface area contributed by atoms with E-state index in [1.54, 1.807) is 68.4 Å². The Labute approximate surface area is 479 Å². The molecule has 82 heavy (non-hydrogen) atoms. The van der Waals surface area contributed by atoms with E-state index in [0.717, 1.165) is 75.7 Å². The molecule has 0 N–H and O–H groups in total. The van der Waals surface area contributed by atoms with Crippen molar-refractivity contribution < 1.29 is 52.5 Å². The van der Waals surface area contributed by atoms with Crippen molar-refractivity contribution in [3.63, 3.8) is 0 Å². The number of rotatable bonds is 14. The number of ether oxygens (including phenoxy) is 5. The van der Waals surface area contributed by atoms with E-state index in [-0.39, 0.29) is 65.8 Å². The van der Waals surface area contributed by atoms with Crippen molar-refractivity contribution in [2.75, 3.05) is 51.2 Å². The maximum Gasteiger partial charge on any atom is 0.514 e. The first-order valence-electron chi connectivity index (χ1n) is 29.6. The van der Waals surface area contributed by atoms with Gasteiger partial charge in [0.25, 0.3) is 5.56 Å². The highest BCUT2D eigenvalue weighted by molar-refractivity contribution is 5.93. The molecule has 0 unspecified atom stereocenters. The summed E-state index contributed by atoms with van der Waals surface area (Å²) in [5, 5.41) is 0.701. The Hall–Kier alpha value is -7.14. The van der Waals surface area contributed by atoms with Crippen LogP contribution < -0.4 is 15.2 Å². The van der Waals surface area contributed by atoms with E-state index in [4.69, 9.17) is 28.7 Å². The van der Waals surface area contributed by atoms with Gasteiger partial charge in [-0.15, -0.1) is 0 Å². The lowest BCUT2D eigenvalue weighted by atomic mass is 9.50. The minimum absolute atomic E-state index is 0.0425. The lowest BCUT2D eigenvalue weighted by Gasteiger charge is -2.55. The minimum atomic E-state index is -1.83. The van der Waals surface area contributed by atoms with Gasteiger partial charge in [0.1, 0.15) is 18.0 Å². The summed E-state index contributed by atoms with van der Waals surface area (Å²) in [5.41, 5.74) is 4.77. The third-order valence-corrected chi connectivity index (χ3v) is 19.1. The molecule has 3 aliphatic heterocycles. The fourth-order valence-electron chi connectivity index (χ4n) is 15.1. The van der Waals surface area contributed by atoms with Crippen LogP contribution in [0.15, 0.2) is 82.2 Å². The summed E-state index contributed by atoms with van der Waals surface area (Å²) in [6.45, 7) is 16.2. The number of benzene rings is 2. The highest BCUT2D eigenvalue weighted by atomic mass is 16.7. The number of aromatic nitrogens is 2. The number of nitrogens with zero attached hydrogens (tertiary/aromatic N) is 5. The van der Waals surface area contributed by atoms with Crippen LogP contribution >= 0.6 is 0 Å². The van der Waals surface area contributed by atoms with Gasteiger partial charge in [0.15, 0.2) is 17.2 Å². The molecule has 5 heterocycles. The molecule has 2 saturated carbocycles. The molecule has 2 aromatic heterocycles. The van der Waals surface area contributed by atoms with Gasteiger partial charge in [-0.25, -0.2) is 19.4 Å². The number of unbranched alkanes of at least 4 members (excludes halogenated alkanes) is 3. The zero-order chi connectivity index (χ0) is 58.0. The number of hydrogen-bond donors (Lipinski definition) is 0. The summed E-state index contributed by atoms with van der Waals surface area (Å²) in [7, 11) is 2.13. The Kier molecular flexibility index (Phi) is 15.1. The van der Waals surface area contributed by atoms with Crippen LogP contribution in [0.4, 0.5) is 15.3 Å². The first-order chi connectivity index (χ1) is 39.1. The smallest absolute Gasteiger partial charge is 0.457 e. The second kappa shape index (κ2) is 21.9. The molecule has 3 fully saturated rings. The summed E-state index contributed by atoms with van der Waals surface area (Å²) < 4.78 is 30.3. The number of cyclic esters (lactones) is 1. The number of carbonyl (C=O) groups is 6. The molecule has 17 heteroatoms. The zero-order valence-electron chi connectivity index (χ0n) is 48.8. The average molecular weight is 1120 g/mol. The van der Waals surface area contributed by atoms with Crippen molar-refractivity contribution >= 4 is 52.3 Å². The molecule has 2 aromatic carbocycles. The molecule has 6 atom stereocenters. The number of allylic oxidation sites excluding steroid dienone is 4. The molecule has 0 bridgehead atoms. The standard InChI is InChI=1S/C65H77N5O12/c1-9-64(53-35-55-57-44(37-70(55)58(74)51(53)38-78-59(64)75)32-43-34-47(20-23-54(43)66-57)79-61(77)82-62(4,5)6)81-60(76)69-30-28-68(29-31-69)27-13-11-10-12-26-67(8)45-17-14-41(15-18-45)50-36-63(7)52(24-25-65(63,39(2)71)80-40(3)72)49-21-16-42-33-46(73)19-22-48(42)56(49)50/h14-15,17-18,20,23,32-35,49-50,52H,9-13,16,19,21-22,24-31,36-38H2,1-8H3/t49-,50+,52-,63-,64-,65-/m0/s1. The Morgan fingerprint density at radius 3 is 2.35 bits per heavy atom. The molecule has 1 saturated heterocycles. The average Bonchev–Trinajstić information content (AvgIpc) is 1.74. The third-order valence-electron chi connectivity index (χ3n) is 19.1. The second-order valence-corrected chi connectivity index (χ2v) is 25.1. The van der Waals surface area contributed by atoms with Gasteiger partial charge in [0.2, 0.25) is 5.60 Å². The van der Waals surface area contributed by atoms with Crippen LogP contribution in [0.1, 0.15) is 154 Å². The van der Waals surface area contributed by atoms with Crippen LogP contribution in [0, 0.1) is 17.3 Å². The van der Waals surface area contributed by atoms with E-state index in [9.17, 15) is 33.6 Å². The topological polar surface area (TPSA) is 193 Å². The Balaban J connectivity index is 0.676. The second-order valence-electron chi connectivity index (χ2n) is 25.1. The molecular formula is C65H77N5O12. The lowest BCUT2D eigenvalue weighted by molar-refractivity contribution is -0.182. The summed E-state index contributed by atoms with van der Waals surface area (Å²) in [6.07, 6.45) is 9.83. The molecule has 0 radical (unpaired) electrons. The van der Waals surface area contributed by atoms with Crippen molar-refractivity contribution in [2.24, 2.45) is 17.3 Å². The molecule has 7 aliphatic rings. The third kappa shape index (κ3) is 10.2. The van der Waals surface area contributed by atoms with Gasteiger partial charge in [-0.05, 0) is 169 Å². The van der Waals surface area contributed by atoms with Crippen molar-refractivity contribution in [1.29, 1.82) is 0 Å². The summed E-state index contributed by atoms with van der Waals surface area (Å²) in [4.78, 5) is 104. The molecule has 0 spiro atoms. The summed E-state index contributed by atoms with van der Waals surface area (Å²) in [6, 6.07) is 17.6. The fraction of sp³-hybridized carbons (Fsp3) is 0.538. The fourth-order valence-corrected chi connectivity index (χ4v) is 15.1. The Morgan fingerprint density at radius 2 is 1.63 bits per heavy atom. The normalized spacial score (nSPS) is 25.6. The van der Waals surface area contributed by atoms with Crippen molar-refractivity contribution in [3.8, 4) is 17.1 Å². The minimum Gasteiger partial charge on any atom is -0.457 e. The molecule has 4 aliphatic carbocycles. The maximum atomic E-state index is 14.2. The van der Waals surface area contributed by atoms with Crippen LogP contribution in [0.25, 0.3) is 22.3 Å². The number of ketones is 2. The number of Topliss-reactive ketones (excluding diaryl/α,β-unsaturated/α-hetero) is 1. The van der Waals surface area contributed by atoms with Crippen LogP contribution in [-0.4, -0.2) is 113 Å². The highest BCUT2D eigenvalue weighted by Crippen LogP contribution is 2.68. The lowest BCUT2D eigenvalue weighted by Crippen LogP contribution is -2.57. The van der Waals surface area contributed by atoms with E-state index in [2.05, 4.69) is 48.0 Å². The van der Waals surface area contributed by atoms with E-state index in [0.29, 0.717) is 73.3 Å². The maximum absolute atomic E-state index is 14.2. The summed E-state index contributed by atoms with van der Waals surface area (Å²) >= 11 is 0. The molecule has 434 valence electrons. The number of piperazine rings is 1. The van der Waals surface area contributed by atoms with Crippen molar-refractivity contribution in [2.45, 2.75) is 161 Å². The van der Waals surface area contributed by atoms with Gasteiger partial charge in [-0.2, -0.15) is 0 Å². The number of anilines is 1. The molecular weight excluding hydrogens is 1040 g/mol. The van der Waals surface area contributed by atoms with E-state index in [1.807, 2.05) is 12.1 Å². The molecule has 17 nitrogen and oxygen atoms in total. The largest absolute Gasteiger partial charge is 0.514 e. The Bertz CT molecular complexity index is 3400. The van der Waals surface area contributed by atoms with Crippen LogP contribution in [0.3, 0.4) is 0 Å². The van der Waals surface area contributed by atoms with Gasteiger partial charge < -0.3 is 38.1 Å². The van der Waals surface area contributed by atoms with Crippen LogP contribution in [0.2, 0.25) is 0 Å². The number of pyridine rings is 2.